The van der Waals surface area contributed by atoms with Gasteiger partial charge in [-0.3, -0.25) is 4.79 Å². The maximum Gasteiger partial charge on any atom is 0.225 e. The number of methoxy groups -OCH3 is 1. The first-order valence-electron chi connectivity index (χ1n) is 9.17. The number of rotatable bonds is 5. The van der Waals surface area contributed by atoms with Crippen molar-refractivity contribution in [3.8, 4) is 0 Å². The van der Waals surface area contributed by atoms with Crippen LogP contribution in [0.4, 0.5) is 5.13 Å². The van der Waals surface area contributed by atoms with Crippen molar-refractivity contribution in [2.45, 2.75) is 19.4 Å². The molecule has 2 aromatic rings. The molecule has 2 aliphatic rings. The van der Waals surface area contributed by atoms with E-state index < -0.39 is 0 Å². The minimum absolute atomic E-state index is 0.149. The summed E-state index contributed by atoms with van der Waals surface area (Å²) in [5.41, 5.74) is 2.54. The number of anilines is 1. The molecule has 5 nitrogen and oxygen atoms in total. The van der Waals surface area contributed by atoms with Crippen LogP contribution >= 0.6 is 11.3 Å². The molecule has 6 heteroatoms. The van der Waals surface area contributed by atoms with Crippen molar-refractivity contribution in [1.29, 1.82) is 0 Å². The molecule has 2 saturated heterocycles. The van der Waals surface area contributed by atoms with E-state index in [1.54, 1.807) is 18.4 Å². The van der Waals surface area contributed by atoms with Crippen molar-refractivity contribution in [2.24, 2.45) is 11.8 Å². The highest BCUT2D eigenvalue weighted by molar-refractivity contribution is 7.13. The number of amides is 1. The molecule has 0 spiro atoms. The number of hydrogen-bond acceptors (Lipinski definition) is 5. The number of aromatic nitrogens is 1. The summed E-state index contributed by atoms with van der Waals surface area (Å²) in [6.07, 6.45) is 2.32. The summed E-state index contributed by atoms with van der Waals surface area (Å²) in [6.45, 7) is 5.40. The molecule has 3 heterocycles. The van der Waals surface area contributed by atoms with Gasteiger partial charge in [-0.2, -0.15) is 0 Å². The molecule has 0 radical (unpaired) electrons. The van der Waals surface area contributed by atoms with Gasteiger partial charge in [0.05, 0.1) is 19.1 Å². The van der Waals surface area contributed by atoms with Crippen LogP contribution < -0.4 is 4.90 Å². The van der Waals surface area contributed by atoms with Crippen LogP contribution in [0.1, 0.15) is 23.6 Å². The summed E-state index contributed by atoms with van der Waals surface area (Å²) >= 11 is 1.69. The molecule has 1 aromatic heterocycles. The van der Waals surface area contributed by atoms with Crippen molar-refractivity contribution in [3.05, 3.63) is 47.0 Å². The predicted molar refractivity (Wildman–Crippen MR) is 103 cm³/mol. The molecule has 0 N–H and O–H groups in total. The van der Waals surface area contributed by atoms with E-state index in [2.05, 4.69) is 46.0 Å². The number of likely N-dealkylation sites (tertiary alicyclic amines) is 1. The highest BCUT2D eigenvalue weighted by Gasteiger charge is 2.49. The highest BCUT2D eigenvalue weighted by Crippen LogP contribution is 2.47. The van der Waals surface area contributed by atoms with Crippen LogP contribution in [0.5, 0.6) is 0 Å². The summed E-state index contributed by atoms with van der Waals surface area (Å²) in [4.78, 5) is 21.8. The number of thiazole rings is 1. The molecule has 138 valence electrons. The Morgan fingerprint density at radius 2 is 2.15 bits per heavy atom. The Bertz CT molecular complexity index is 764. The molecule has 0 aliphatic carbocycles. The average molecular weight is 372 g/mol. The molecule has 2 aliphatic heterocycles. The second-order valence-corrected chi connectivity index (χ2v) is 8.11. The summed E-state index contributed by atoms with van der Waals surface area (Å²) in [5, 5.41) is 3.13. The fourth-order valence-corrected chi connectivity index (χ4v) is 5.14. The SMILES string of the molecule is COCCC(=O)N1C[C@@H]2CN(c3nccs3)C[C@@H]2[C@H]1c1ccccc1C. The third-order valence-corrected chi connectivity index (χ3v) is 6.53. The summed E-state index contributed by atoms with van der Waals surface area (Å²) < 4.78 is 5.13. The van der Waals surface area contributed by atoms with Crippen molar-refractivity contribution in [3.63, 3.8) is 0 Å². The van der Waals surface area contributed by atoms with Gasteiger partial charge in [0.25, 0.3) is 0 Å². The fourth-order valence-electron chi connectivity index (χ4n) is 4.48. The van der Waals surface area contributed by atoms with Gasteiger partial charge in [0, 0.05) is 50.2 Å². The van der Waals surface area contributed by atoms with Crippen LogP contribution in [0.3, 0.4) is 0 Å². The first-order valence-corrected chi connectivity index (χ1v) is 10.1. The zero-order chi connectivity index (χ0) is 18.1. The van der Waals surface area contributed by atoms with Crippen LogP contribution in [0, 0.1) is 18.8 Å². The Balaban J connectivity index is 1.62. The molecule has 3 atom stereocenters. The second-order valence-electron chi connectivity index (χ2n) is 7.23. The fraction of sp³-hybridized carbons (Fsp3) is 0.500. The van der Waals surface area contributed by atoms with E-state index in [1.165, 1.54) is 11.1 Å². The van der Waals surface area contributed by atoms with Crippen LogP contribution in [-0.2, 0) is 9.53 Å². The molecular weight excluding hydrogens is 346 g/mol. The maximum atomic E-state index is 12.9. The Morgan fingerprint density at radius 1 is 1.31 bits per heavy atom. The first-order chi connectivity index (χ1) is 12.7. The van der Waals surface area contributed by atoms with E-state index in [1.807, 2.05) is 11.6 Å². The number of carbonyl (C=O) groups is 1. The normalized spacial score (nSPS) is 24.9. The van der Waals surface area contributed by atoms with E-state index in [0.29, 0.717) is 24.9 Å². The zero-order valence-corrected chi connectivity index (χ0v) is 16.1. The maximum absolute atomic E-state index is 12.9. The van der Waals surface area contributed by atoms with Gasteiger partial charge in [-0.1, -0.05) is 24.3 Å². The van der Waals surface area contributed by atoms with Gasteiger partial charge in [0.1, 0.15) is 0 Å². The Morgan fingerprint density at radius 3 is 2.88 bits per heavy atom. The van der Waals surface area contributed by atoms with Crippen molar-refractivity contribution in [1.82, 2.24) is 9.88 Å². The van der Waals surface area contributed by atoms with Crippen LogP contribution in [0.25, 0.3) is 0 Å². The van der Waals surface area contributed by atoms with E-state index >= 15 is 0 Å². The van der Waals surface area contributed by atoms with E-state index in [0.717, 1.165) is 24.8 Å². The van der Waals surface area contributed by atoms with E-state index in [-0.39, 0.29) is 11.9 Å². The summed E-state index contributed by atoms with van der Waals surface area (Å²) in [6, 6.07) is 8.63. The highest BCUT2D eigenvalue weighted by atomic mass is 32.1. The number of hydrogen-bond donors (Lipinski definition) is 0. The van der Waals surface area contributed by atoms with Gasteiger partial charge >= 0.3 is 0 Å². The Hall–Kier alpha value is -1.92. The van der Waals surface area contributed by atoms with Crippen molar-refractivity contribution < 1.29 is 9.53 Å². The standard InChI is InChI=1S/C20H25N3O2S/c1-14-5-3-4-6-16(14)19-17-13-22(20-21-8-10-26-20)11-15(17)12-23(19)18(24)7-9-25-2/h3-6,8,10,15,17,19H,7,9,11-13H2,1-2H3/t15-,17-,19+/m0/s1. The third-order valence-electron chi connectivity index (χ3n) is 5.70. The molecule has 26 heavy (non-hydrogen) atoms. The Labute approximate surface area is 158 Å². The number of benzene rings is 1. The van der Waals surface area contributed by atoms with Gasteiger partial charge in [0.15, 0.2) is 5.13 Å². The number of ether oxygens (including phenoxy) is 1. The molecular formula is C20H25N3O2S. The van der Waals surface area contributed by atoms with Crippen LogP contribution in [0.15, 0.2) is 35.8 Å². The van der Waals surface area contributed by atoms with Crippen molar-refractivity contribution >= 4 is 22.4 Å². The van der Waals surface area contributed by atoms with Gasteiger partial charge in [-0.15, -0.1) is 11.3 Å². The van der Waals surface area contributed by atoms with Gasteiger partial charge < -0.3 is 14.5 Å². The molecule has 0 unspecified atom stereocenters. The van der Waals surface area contributed by atoms with Gasteiger partial charge in [-0.25, -0.2) is 4.98 Å². The van der Waals surface area contributed by atoms with Crippen LogP contribution in [-0.4, -0.2) is 49.1 Å². The van der Waals surface area contributed by atoms with Crippen LogP contribution in [0.2, 0.25) is 0 Å². The Kier molecular flexibility index (Phi) is 4.96. The topological polar surface area (TPSA) is 45.7 Å². The lowest BCUT2D eigenvalue weighted by atomic mass is 9.87. The minimum Gasteiger partial charge on any atom is -0.384 e. The van der Waals surface area contributed by atoms with E-state index in [4.69, 9.17) is 4.74 Å². The predicted octanol–water partition coefficient (Wildman–Crippen LogP) is 3.12. The number of fused-ring (bicyclic) bond motifs is 1. The molecule has 2 fully saturated rings. The number of nitrogens with zero attached hydrogens (tertiary/aromatic N) is 3. The molecule has 0 bridgehead atoms. The second kappa shape index (κ2) is 7.37. The lowest BCUT2D eigenvalue weighted by Gasteiger charge is -2.31. The monoisotopic (exact) mass is 371 g/mol. The summed E-state index contributed by atoms with van der Waals surface area (Å²) in [7, 11) is 1.65. The molecule has 0 saturated carbocycles. The smallest absolute Gasteiger partial charge is 0.225 e. The van der Waals surface area contributed by atoms with Crippen molar-refractivity contribution in [2.75, 3.05) is 38.3 Å². The third kappa shape index (κ3) is 3.12. The molecule has 4 rings (SSSR count). The molecule has 1 aromatic carbocycles. The largest absolute Gasteiger partial charge is 0.384 e. The summed E-state index contributed by atoms with van der Waals surface area (Å²) in [5.74, 6) is 1.15. The van der Waals surface area contributed by atoms with E-state index in [9.17, 15) is 4.79 Å². The number of carbonyl (C=O) groups excluding carboxylic acids is 1. The lowest BCUT2D eigenvalue weighted by Crippen LogP contribution is -2.36. The molecule has 1 amide bonds. The minimum atomic E-state index is 0.149. The average Bonchev–Trinajstić information content (AvgIpc) is 3.35. The lowest BCUT2D eigenvalue weighted by molar-refractivity contribution is -0.133. The number of aryl methyl sites for hydroxylation is 1. The zero-order valence-electron chi connectivity index (χ0n) is 15.3. The first kappa shape index (κ1) is 17.5. The van der Waals surface area contributed by atoms with Gasteiger partial charge in [0.2, 0.25) is 5.91 Å². The van der Waals surface area contributed by atoms with Gasteiger partial charge in [-0.05, 0) is 18.1 Å². The quantitative estimate of drug-likeness (QED) is 0.810.